The second kappa shape index (κ2) is 13.3. The number of nitrogens with one attached hydrogen (secondary N) is 2. The normalized spacial score (nSPS) is 20.5. The molecule has 11 nitrogen and oxygen atoms in total. The van der Waals surface area contributed by atoms with E-state index in [-0.39, 0.29) is 48.6 Å². The molecule has 3 rings (SSSR count). The molecule has 2 heterocycles. The molecule has 1 aromatic carbocycles. The minimum absolute atomic E-state index is 0.0205. The van der Waals surface area contributed by atoms with Crippen LogP contribution in [0.1, 0.15) is 57.8 Å². The molecule has 39 heavy (non-hydrogen) atoms. The Hall–Kier alpha value is -3.18. The van der Waals surface area contributed by atoms with Crippen LogP contribution >= 0.6 is 0 Å². The number of β-amino-alcohol motifs (C(OH)–C–C–N with tert-alkyl or cyclic N) is 1. The fourth-order valence-electron chi connectivity index (χ4n) is 4.79. The summed E-state index contributed by atoms with van der Waals surface area (Å²) >= 11 is 0. The van der Waals surface area contributed by atoms with Crippen molar-refractivity contribution in [3.05, 3.63) is 29.8 Å². The lowest BCUT2D eigenvalue weighted by molar-refractivity contribution is -0.147. The van der Waals surface area contributed by atoms with Gasteiger partial charge in [-0.25, -0.2) is 0 Å². The topological polar surface area (TPSA) is 138 Å². The van der Waals surface area contributed by atoms with Crippen molar-refractivity contribution in [1.82, 2.24) is 20.4 Å². The van der Waals surface area contributed by atoms with Crippen molar-refractivity contribution in [2.24, 2.45) is 5.92 Å². The Balaban J connectivity index is 1.75. The zero-order valence-corrected chi connectivity index (χ0v) is 23.6. The van der Waals surface area contributed by atoms with E-state index in [1.54, 1.807) is 29.2 Å². The highest BCUT2D eigenvalue weighted by Gasteiger charge is 2.43. The first kappa shape index (κ1) is 30.4. The van der Waals surface area contributed by atoms with E-state index >= 15 is 0 Å². The van der Waals surface area contributed by atoms with E-state index in [0.29, 0.717) is 32.7 Å². The largest absolute Gasteiger partial charge is 0.483 e. The van der Waals surface area contributed by atoms with Crippen LogP contribution in [0.25, 0.3) is 0 Å². The lowest BCUT2D eigenvalue weighted by Gasteiger charge is -2.34. The van der Waals surface area contributed by atoms with Crippen LogP contribution in [0, 0.1) is 5.92 Å². The van der Waals surface area contributed by atoms with E-state index in [0.717, 1.165) is 0 Å². The highest BCUT2D eigenvalue weighted by molar-refractivity contribution is 6.00. The summed E-state index contributed by atoms with van der Waals surface area (Å²) in [6, 6.07) is 4.80. The van der Waals surface area contributed by atoms with Crippen LogP contribution in [-0.4, -0.2) is 102 Å². The molecule has 4 amide bonds. The lowest BCUT2D eigenvalue weighted by atomic mass is 10.0. The first-order chi connectivity index (χ1) is 18.4. The van der Waals surface area contributed by atoms with Crippen LogP contribution < -0.4 is 15.4 Å². The SMILES string of the molecule is CC(C)C[C@@H](NC(=O)c1ccccc1OCC(=O)NC(C)(C)C)C(=O)N1C[C@@H](O)C[C@@H]1C(=O)N1CCOCC1. The molecule has 2 fully saturated rings. The summed E-state index contributed by atoms with van der Waals surface area (Å²) in [7, 11) is 0. The predicted molar refractivity (Wildman–Crippen MR) is 144 cm³/mol. The Bertz CT molecular complexity index is 1030. The third-order valence-electron chi connectivity index (χ3n) is 6.49. The standard InChI is InChI=1S/C28H42N4O7/c1-18(2)14-21(26(36)32-16-19(33)15-22(32)27(37)31-10-12-38-13-11-31)29-25(35)20-8-6-7-9-23(20)39-17-24(34)30-28(3,4)5/h6-9,18-19,21-22,33H,10-17H2,1-5H3,(H,29,35)(H,30,34)/t19-,21+,22+/m0/s1. The number of nitrogens with zero attached hydrogens (tertiary/aromatic N) is 2. The van der Waals surface area contributed by atoms with Crippen LogP contribution in [0.2, 0.25) is 0 Å². The molecule has 1 aromatic rings. The quantitative estimate of drug-likeness (QED) is 0.419. The molecule has 0 unspecified atom stereocenters. The van der Waals surface area contributed by atoms with Gasteiger partial charge < -0.3 is 35.0 Å². The van der Waals surface area contributed by atoms with Gasteiger partial charge in [0.05, 0.1) is 24.9 Å². The number of likely N-dealkylation sites (tertiary alicyclic amines) is 1. The molecule has 0 aliphatic carbocycles. The van der Waals surface area contributed by atoms with Crippen molar-refractivity contribution in [2.75, 3.05) is 39.5 Å². The van der Waals surface area contributed by atoms with E-state index in [9.17, 15) is 24.3 Å². The smallest absolute Gasteiger partial charge is 0.258 e. The summed E-state index contributed by atoms with van der Waals surface area (Å²) in [6.07, 6.45) is -0.336. The van der Waals surface area contributed by atoms with Crippen LogP contribution in [0.5, 0.6) is 5.75 Å². The minimum Gasteiger partial charge on any atom is -0.483 e. The first-order valence-corrected chi connectivity index (χ1v) is 13.5. The van der Waals surface area contributed by atoms with Crippen LogP contribution in [0.3, 0.4) is 0 Å². The Morgan fingerprint density at radius 2 is 1.79 bits per heavy atom. The Labute approximate surface area is 230 Å². The predicted octanol–water partition coefficient (Wildman–Crippen LogP) is 0.945. The monoisotopic (exact) mass is 546 g/mol. The third kappa shape index (κ3) is 8.66. The Kier molecular flexibility index (Phi) is 10.3. The number of hydrogen-bond donors (Lipinski definition) is 3. The van der Waals surface area contributed by atoms with E-state index in [1.807, 2.05) is 34.6 Å². The summed E-state index contributed by atoms with van der Waals surface area (Å²) in [5.41, 5.74) is -0.239. The maximum atomic E-state index is 13.7. The summed E-state index contributed by atoms with van der Waals surface area (Å²) in [4.78, 5) is 55.6. The number of hydrogen-bond acceptors (Lipinski definition) is 7. The van der Waals surface area contributed by atoms with Crippen molar-refractivity contribution in [2.45, 2.75) is 71.2 Å². The molecule has 0 radical (unpaired) electrons. The highest BCUT2D eigenvalue weighted by Crippen LogP contribution is 2.24. The number of aliphatic hydroxyl groups excluding tert-OH is 1. The molecule has 11 heteroatoms. The summed E-state index contributed by atoms with van der Waals surface area (Å²) < 4.78 is 11.0. The van der Waals surface area contributed by atoms with Crippen LogP contribution in [0.4, 0.5) is 0 Å². The first-order valence-electron chi connectivity index (χ1n) is 13.5. The fraction of sp³-hybridized carbons (Fsp3) is 0.643. The number of benzene rings is 1. The average molecular weight is 547 g/mol. The molecule has 2 aliphatic heterocycles. The number of carbonyl (C=O) groups excluding carboxylic acids is 4. The van der Waals surface area contributed by atoms with Crippen molar-refractivity contribution in [3.8, 4) is 5.75 Å². The van der Waals surface area contributed by atoms with Gasteiger partial charge in [0, 0.05) is 31.6 Å². The zero-order valence-electron chi connectivity index (χ0n) is 23.6. The number of carbonyl (C=O) groups is 4. The number of amides is 4. The lowest BCUT2D eigenvalue weighted by Crippen LogP contribution is -2.55. The molecule has 0 spiro atoms. The van der Waals surface area contributed by atoms with Gasteiger partial charge in [-0.2, -0.15) is 0 Å². The Morgan fingerprint density at radius 3 is 2.44 bits per heavy atom. The van der Waals surface area contributed by atoms with Crippen molar-refractivity contribution in [1.29, 1.82) is 0 Å². The zero-order chi connectivity index (χ0) is 28.7. The number of rotatable bonds is 9. The van der Waals surface area contributed by atoms with Gasteiger partial charge in [-0.05, 0) is 45.2 Å². The Morgan fingerprint density at radius 1 is 1.13 bits per heavy atom. The maximum Gasteiger partial charge on any atom is 0.258 e. The van der Waals surface area contributed by atoms with Crippen molar-refractivity contribution < 1.29 is 33.8 Å². The molecular weight excluding hydrogens is 504 g/mol. The van der Waals surface area contributed by atoms with Gasteiger partial charge in [-0.1, -0.05) is 26.0 Å². The van der Waals surface area contributed by atoms with Gasteiger partial charge in [0.25, 0.3) is 11.8 Å². The van der Waals surface area contributed by atoms with Crippen molar-refractivity contribution in [3.63, 3.8) is 0 Å². The minimum atomic E-state index is -0.917. The number of morpholine rings is 1. The van der Waals surface area contributed by atoms with Crippen LogP contribution in [-0.2, 0) is 19.1 Å². The average Bonchev–Trinajstić information content (AvgIpc) is 3.27. The molecule has 3 N–H and O–H groups in total. The molecular formula is C28H42N4O7. The second-order valence-electron chi connectivity index (χ2n) is 11.6. The molecule has 0 aromatic heterocycles. The fourth-order valence-corrected chi connectivity index (χ4v) is 4.79. The summed E-state index contributed by atoms with van der Waals surface area (Å²) in [5.74, 6) is -1.21. The second-order valence-corrected chi connectivity index (χ2v) is 11.6. The van der Waals surface area contributed by atoms with Gasteiger partial charge in [-0.3, -0.25) is 19.2 Å². The highest BCUT2D eigenvalue weighted by atomic mass is 16.5. The number of aliphatic hydroxyl groups is 1. The molecule has 0 saturated carbocycles. The van der Waals surface area contributed by atoms with E-state index < -0.39 is 35.5 Å². The molecule has 3 atom stereocenters. The summed E-state index contributed by atoms with van der Waals surface area (Å²) in [5, 5.41) is 16.0. The molecule has 0 bridgehead atoms. The van der Waals surface area contributed by atoms with E-state index in [1.165, 1.54) is 4.90 Å². The van der Waals surface area contributed by atoms with Crippen molar-refractivity contribution >= 4 is 23.6 Å². The van der Waals surface area contributed by atoms with Crippen LogP contribution in [0.15, 0.2) is 24.3 Å². The maximum absolute atomic E-state index is 13.7. The third-order valence-corrected chi connectivity index (χ3v) is 6.49. The molecule has 216 valence electrons. The van der Waals surface area contributed by atoms with Gasteiger partial charge >= 0.3 is 0 Å². The van der Waals surface area contributed by atoms with E-state index in [2.05, 4.69) is 10.6 Å². The van der Waals surface area contributed by atoms with Gasteiger partial charge in [0.15, 0.2) is 6.61 Å². The van der Waals surface area contributed by atoms with E-state index in [4.69, 9.17) is 9.47 Å². The van der Waals surface area contributed by atoms with Gasteiger partial charge in [-0.15, -0.1) is 0 Å². The molecule has 2 saturated heterocycles. The number of ether oxygens (including phenoxy) is 2. The van der Waals surface area contributed by atoms with Gasteiger partial charge in [0.1, 0.15) is 17.8 Å². The summed E-state index contributed by atoms with van der Waals surface area (Å²) in [6.45, 7) is 10.9. The number of para-hydroxylation sites is 1. The van der Waals surface area contributed by atoms with Gasteiger partial charge in [0.2, 0.25) is 11.8 Å². The molecule has 2 aliphatic rings.